The van der Waals surface area contributed by atoms with Crippen molar-refractivity contribution in [2.75, 3.05) is 6.61 Å². The third kappa shape index (κ3) is 2.91. The van der Waals surface area contributed by atoms with Gasteiger partial charge in [-0.2, -0.15) is 0 Å². The summed E-state index contributed by atoms with van der Waals surface area (Å²) in [6, 6.07) is 0. The van der Waals surface area contributed by atoms with Crippen LogP contribution in [0.15, 0.2) is 11.6 Å². The quantitative estimate of drug-likeness (QED) is 0.548. The van der Waals surface area contributed by atoms with Crippen molar-refractivity contribution in [3.05, 3.63) is 11.6 Å². The van der Waals surface area contributed by atoms with Gasteiger partial charge in [0, 0.05) is 25.7 Å². The zero-order valence-corrected chi connectivity index (χ0v) is 16.9. The van der Waals surface area contributed by atoms with Crippen LogP contribution in [0.4, 0.5) is 0 Å². The van der Waals surface area contributed by atoms with Crippen molar-refractivity contribution in [3.8, 4) is 0 Å². The largest absolute Gasteiger partial charge is 0.458 e. The second-order valence-corrected chi connectivity index (χ2v) is 9.90. The molecule has 0 bridgehead atoms. The van der Waals surface area contributed by atoms with Crippen molar-refractivity contribution >= 4 is 17.5 Å². The van der Waals surface area contributed by atoms with Crippen molar-refractivity contribution < 1.29 is 19.1 Å². The monoisotopic (exact) mass is 372 g/mol. The van der Waals surface area contributed by atoms with Gasteiger partial charge in [0.25, 0.3) is 0 Å². The molecule has 0 unspecified atom stereocenters. The molecule has 27 heavy (non-hydrogen) atoms. The molecule has 0 amide bonds. The Hall–Kier alpha value is -1.45. The Morgan fingerprint density at radius 2 is 1.93 bits per heavy atom. The van der Waals surface area contributed by atoms with E-state index in [1.165, 1.54) is 12.5 Å². The van der Waals surface area contributed by atoms with Crippen molar-refractivity contribution in [2.45, 2.75) is 72.1 Å². The minimum Gasteiger partial charge on any atom is -0.458 e. The van der Waals surface area contributed by atoms with Crippen molar-refractivity contribution in [3.63, 3.8) is 0 Å². The van der Waals surface area contributed by atoms with Gasteiger partial charge in [0.2, 0.25) is 0 Å². The summed E-state index contributed by atoms with van der Waals surface area (Å²) >= 11 is 0. The van der Waals surface area contributed by atoms with E-state index in [4.69, 9.17) is 4.74 Å². The lowest BCUT2D eigenvalue weighted by atomic mass is 9.47. The van der Waals surface area contributed by atoms with Crippen LogP contribution in [0, 0.1) is 34.5 Å². The highest BCUT2D eigenvalue weighted by Gasteiger charge is 2.59. The van der Waals surface area contributed by atoms with Gasteiger partial charge in [0.15, 0.2) is 5.78 Å². The Labute approximate surface area is 162 Å². The highest BCUT2D eigenvalue weighted by molar-refractivity contribution is 5.85. The van der Waals surface area contributed by atoms with Crippen molar-refractivity contribution in [1.29, 1.82) is 0 Å². The lowest BCUT2D eigenvalue weighted by Crippen LogP contribution is -2.51. The zero-order valence-electron chi connectivity index (χ0n) is 16.9. The standard InChI is InChI=1S/C23H32O4/c1-14(24)27-13-21(26)20-7-6-18-17-5-4-15-12-16(25)8-10-22(15,2)19(17)9-11-23(18,20)3/h4,17-20H,5-13H2,1-3H3/t17-,18-,19-,20+,22-,23-/m0/s1. The lowest BCUT2D eigenvalue weighted by Gasteiger charge is -2.57. The topological polar surface area (TPSA) is 60.4 Å². The molecule has 4 rings (SSSR count). The van der Waals surface area contributed by atoms with Gasteiger partial charge in [-0.1, -0.05) is 25.5 Å². The smallest absolute Gasteiger partial charge is 0.303 e. The average Bonchev–Trinajstić information content (AvgIpc) is 2.97. The molecule has 4 aliphatic carbocycles. The number of allylic oxidation sites excluding steroid dienone is 2. The molecule has 3 fully saturated rings. The van der Waals surface area contributed by atoms with E-state index in [1.807, 2.05) is 0 Å². The number of ether oxygens (including phenoxy) is 1. The van der Waals surface area contributed by atoms with E-state index in [-0.39, 0.29) is 35.1 Å². The lowest BCUT2D eigenvalue weighted by molar-refractivity contribution is -0.149. The molecule has 0 saturated heterocycles. The molecule has 4 aliphatic rings. The van der Waals surface area contributed by atoms with Crippen LogP contribution in [-0.2, 0) is 19.1 Å². The van der Waals surface area contributed by atoms with Gasteiger partial charge in [-0.15, -0.1) is 0 Å². The summed E-state index contributed by atoms with van der Waals surface area (Å²) in [6.45, 7) is 5.99. The van der Waals surface area contributed by atoms with E-state index in [1.54, 1.807) is 0 Å². The van der Waals surface area contributed by atoms with Gasteiger partial charge in [0.1, 0.15) is 12.4 Å². The summed E-state index contributed by atoms with van der Waals surface area (Å²) in [6.07, 6.45) is 10.1. The predicted molar refractivity (Wildman–Crippen MR) is 102 cm³/mol. The Bertz CT molecular complexity index is 707. The number of hydrogen-bond donors (Lipinski definition) is 0. The molecule has 0 aromatic heterocycles. The van der Waals surface area contributed by atoms with Gasteiger partial charge >= 0.3 is 5.97 Å². The minimum absolute atomic E-state index is 0.0221. The van der Waals surface area contributed by atoms with Crippen LogP contribution in [0.1, 0.15) is 72.1 Å². The first-order chi connectivity index (χ1) is 12.8. The number of hydrogen-bond acceptors (Lipinski definition) is 4. The number of ketones is 2. The zero-order chi connectivity index (χ0) is 19.4. The summed E-state index contributed by atoms with van der Waals surface area (Å²) in [4.78, 5) is 35.8. The van der Waals surface area contributed by atoms with Crippen LogP contribution >= 0.6 is 0 Å². The van der Waals surface area contributed by atoms with Crippen molar-refractivity contribution in [2.24, 2.45) is 34.5 Å². The molecule has 0 aromatic carbocycles. The average molecular weight is 373 g/mol. The Morgan fingerprint density at radius 1 is 1.15 bits per heavy atom. The molecule has 148 valence electrons. The van der Waals surface area contributed by atoms with Gasteiger partial charge in [-0.05, 0) is 67.1 Å². The summed E-state index contributed by atoms with van der Waals surface area (Å²) in [5.74, 6) is 1.98. The van der Waals surface area contributed by atoms with Gasteiger partial charge in [-0.3, -0.25) is 14.4 Å². The second kappa shape index (κ2) is 6.56. The van der Waals surface area contributed by atoms with E-state index < -0.39 is 0 Å². The maximum Gasteiger partial charge on any atom is 0.303 e. The molecule has 0 N–H and O–H groups in total. The third-order valence-electron chi connectivity index (χ3n) is 8.74. The molecular weight excluding hydrogens is 340 g/mol. The number of carbonyl (C=O) groups excluding carboxylic acids is 3. The molecule has 0 spiro atoms. The number of Topliss-reactive ketones (excluding diaryl/α,β-unsaturated/α-hetero) is 2. The summed E-state index contributed by atoms with van der Waals surface area (Å²) in [7, 11) is 0. The molecule has 0 aromatic rings. The highest BCUT2D eigenvalue weighted by Crippen LogP contribution is 2.66. The Balaban J connectivity index is 1.56. The third-order valence-corrected chi connectivity index (χ3v) is 8.74. The van der Waals surface area contributed by atoms with E-state index in [0.29, 0.717) is 30.0 Å². The molecule has 6 atom stereocenters. The molecule has 3 saturated carbocycles. The SMILES string of the molecule is CC(=O)OCC(=O)[C@H]1CC[C@H]2[C@@H]3CC=C4CC(=O)CC[C@]4(C)[C@H]3CC[C@]12C. The summed E-state index contributed by atoms with van der Waals surface area (Å²) < 4.78 is 5.01. The number of carbonyl (C=O) groups is 3. The van der Waals surface area contributed by atoms with Crippen LogP contribution in [-0.4, -0.2) is 24.1 Å². The molecule has 0 aliphatic heterocycles. The van der Waals surface area contributed by atoms with Gasteiger partial charge < -0.3 is 4.74 Å². The fourth-order valence-electron chi connectivity index (χ4n) is 7.28. The number of rotatable bonds is 3. The van der Waals surface area contributed by atoms with Gasteiger partial charge in [0.05, 0.1) is 0 Å². The van der Waals surface area contributed by atoms with Crippen LogP contribution in [0.25, 0.3) is 0 Å². The number of esters is 1. The fourth-order valence-corrected chi connectivity index (χ4v) is 7.28. The van der Waals surface area contributed by atoms with E-state index in [0.717, 1.165) is 44.9 Å². The number of fused-ring (bicyclic) bond motifs is 5. The predicted octanol–water partition coefficient (Wildman–Crippen LogP) is 4.27. The maximum atomic E-state index is 12.8. The first-order valence-electron chi connectivity index (χ1n) is 10.6. The van der Waals surface area contributed by atoms with Crippen LogP contribution < -0.4 is 0 Å². The van der Waals surface area contributed by atoms with E-state index in [9.17, 15) is 14.4 Å². The fraction of sp³-hybridized carbons (Fsp3) is 0.783. The van der Waals surface area contributed by atoms with Crippen LogP contribution in [0.5, 0.6) is 0 Å². The van der Waals surface area contributed by atoms with Crippen LogP contribution in [0.2, 0.25) is 0 Å². The Morgan fingerprint density at radius 3 is 2.67 bits per heavy atom. The normalized spacial score (nSPS) is 43.2. The Kier molecular flexibility index (Phi) is 4.59. The molecule has 0 radical (unpaired) electrons. The molecular formula is C23H32O4. The highest BCUT2D eigenvalue weighted by atomic mass is 16.5. The van der Waals surface area contributed by atoms with E-state index >= 15 is 0 Å². The molecule has 4 heteroatoms. The van der Waals surface area contributed by atoms with E-state index in [2.05, 4.69) is 19.9 Å². The minimum atomic E-state index is -0.378. The molecule has 4 nitrogen and oxygen atoms in total. The molecule has 0 heterocycles. The summed E-state index contributed by atoms with van der Waals surface area (Å²) in [5, 5.41) is 0. The van der Waals surface area contributed by atoms with Gasteiger partial charge in [-0.25, -0.2) is 0 Å². The summed E-state index contributed by atoms with van der Waals surface area (Å²) in [5.41, 5.74) is 1.60. The first kappa shape index (κ1) is 18.9. The first-order valence-corrected chi connectivity index (χ1v) is 10.6. The second-order valence-electron chi connectivity index (χ2n) is 9.90. The van der Waals surface area contributed by atoms with Crippen molar-refractivity contribution in [1.82, 2.24) is 0 Å². The maximum absolute atomic E-state index is 12.8. The van der Waals surface area contributed by atoms with Crippen LogP contribution in [0.3, 0.4) is 0 Å².